The molecule has 5 nitrogen and oxygen atoms in total. The van der Waals surface area contributed by atoms with Crippen molar-refractivity contribution >= 4 is 23.3 Å². The van der Waals surface area contributed by atoms with Gasteiger partial charge >= 0.3 is 18.1 Å². The van der Waals surface area contributed by atoms with Gasteiger partial charge < -0.3 is 14.8 Å². The summed E-state index contributed by atoms with van der Waals surface area (Å²) in [6, 6.07) is 9.38. The predicted octanol–water partition coefficient (Wildman–Crippen LogP) is 5.27. The summed E-state index contributed by atoms with van der Waals surface area (Å²) in [6.45, 7) is 4.00. The number of carbonyl (C=O) groups excluding carboxylic acids is 1. The number of urea groups is 1. The number of nitrogens with one attached hydrogen (secondary N) is 2. The maximum absolute atomic E-state index is 13.6. The molecule has 144 valence electrons. The van der Waals surface area contributed by atoms with Crippen LogP contribution in [0, 0.1) is 0 Å². The summed E-state index contributed by atoms with van der Waals surface area (Å²) in [5.74, 6) is -3.46. The summed E-state index contributed by atoms with van der Waals surface area (Å²) in [7, 11) is 0. The van der Waals surface area contributed by atoms with E-state index < -0.39 is 18.1 Å². The second-order valence-corrected chi connectivity index (χ2v) is 6.70. The quantitative estimate of drug-likeness (QED) is 0.737. The average molecular weight is 401 g/mol. The number of benzene rings is 2. The standard InChI is InChI=1S/C18H16ClF3N2O3/c1-10(2)11-3-6-13(7-4-11)23-16(25)24-18(17(20,21)22)26-14-8-5-12(19)9-15(14)27-18/h3-10H,1-2H3,(H2,23,24,25)/t18-/m0/s1. The minimum Gasteiger partial charge on any atom is -0.424 e. The third-order valence-electron chi connectivity index (χ3n) is 3.90. The van der Waals surface area contributed by atoms with E-state index in [0.717, 1.165) is 5.56 Å². The minimum absolute atomic E-state index is 0.171. The molecule has 0 saturated heterocycles. The normalized spacial score (nSPS) is 18.5. The molecule has 1 heterocycles. The lowest BCUT2D eigenvalue weighted by Gasteiger charge is -2.29. The van der Waals surface area contributed by atoms with E-state index in [4.69, 9.17) is 21.1 Å². The fourth-order valence-electron chi connectivity index (χ4n) is 2.48. The number of ether oxygens (including phenoxy) is 2. The highest BCUT2D eigenvalue weighted by Crippen LogP contribution is 2.46. The number of amides is 2. The molecule has 0 fully saturated rings. The molecule has 0 aromatic heterocycles. The molecular weight excluding hydrogens is 385 g/mol. The van der Waals surface area contributed by atoms with Crippen LogP contribution < -0.4 is 20.1 Å². The molecule has 0 radical (unpaired) electrons. The van der Waals surface area contributed by atoms with Crippen LogP contribution in [0.2, 0.25) is 5.02 Å². The summed E-state index contributed by atoms with van der Waals surface area (Å²) < 4.78 is 50.6. The Kier molecular flexibility index (Phi) is 4.86. The molecule has 0 unspecified atom stereocenters. The van der Waals surface area contributed by atoms with Crippen molar-refractivity contribution in [3.05, 3.63) is 53.1 Å². The van der Waals surface area contributed by atoms with Crippen molar-refractivity contribution < 1.29 is 27.4 Å². The molecule has 0 saturated carbocycles. The Bertz CT molecular complexity index is 856. The van der Waals surface area contributed by atoms with Gasteiger partial charge in [-0.1, -0.05) is 37.6 Å². The van der Waals surface area contributed by atoms with Gasteiger partial charge in [-0.05, 0) is 35.7 Å². The van der Waals surface area contributed by atoms with Crippen molar-refractivity contribution in [3.63, 3.8) is 0 Å². The summed E-state index contributed by atoms with van der Waals surface area (Å²) in [6.07, 6.45) is -5.04. The highest BCUT2D eigenvalue weighted by atomic mass is 35.5. The van der Waals surface area contributed by atoms with Crippen molar-refractivity contribution in [2.24, 2.45) is 0 Å². The lowest BCUT2D eigenvalue weighted by Crippen LogP contribution is -2.65. The van der Waals surface area contributed by atoms with E-state index in [-0.39, 0.29) is 22.4 Å². The fourth-order valence-corrected chi connectivity index (χ4v) is 2.64. The SMILES string of the molecule is CC(C)c1ccc(NC(=O)N[C@@]2(C(F)(F)F)Oc3ccc(Cl)cc3O2)cc1. The van der Waals surface area contributed by atoms with Crippen LogP contribution in [0.1, 0.15) is 25.3 Å². The van der Waals surface area contributed by atoms with Crippen molar-refractivity contribution in [3.8, 4) is 11.5 Å². The van der Waals surface area contributed by atoms with Gasteiger partial charge in [0.2, 0.25) is 0 Å². The number of alkyl halides is 3. The van der Waals surface area contributed by atoms with Gasteiger partial charge in [-0.15, -0.1) is 0 Å². The van der Waals surface area contributed by atoms with Crippen LogP contribution in [0.15, 0.2) is 42.5 Å². The van der Waals surface area contributed by atoms with Gasteiger partial charge in [0.05, 0.1) is 0 Å². The van der Waals surface area contributed by atoms with E-state index in [9.17, 15) is 18.0 Å². The lowest BCUT2D eigenvalue weighted by molar-refractivity contribution is -0.317. The summed E-state index contributed by atoms with van der Waals surface area (Å²) in [5, 5.41) is 4.23. The summed E-state index contributed by atoms with van der Waals surface area (Å²) in [5.41, 5.74) is 1.36. The van der Waals surface area contributed by atoms with Crippen molar-refractivity contribution in [1.29, 1.82) is 0 Å². The van der Waals surface area contributed by atoms with Crippen LogP contribution in [0.3, 0.4) is 0 Å². The molecule has 1 atom stereocenters. The molecule has 1 aliphatic heterocycles. The Labute approximate surface area is 158 Å². The number of hydrogen-bond acceptors (Lipinski definition) is 3. The van der Waals surface area contributed by atoms with E-state index in [1.54, 1.807) is 29.6 Å². The van der Waals surface area contributed by atoms with Gasteiger partial charge in [0.1, 0.15) is 0 Å². The Morgan fingerprint density at radius 2 is 1.70 bits per heavy atom. The van der Waals surface area contributed by atoms with Gasteiger partial charge in [-0.25, -0.2) is 4.79 Å². The maximum atomic E-state index is 13.6. The van der Waals surface area contributed by atoms with Crippen molar-refractivity contribution in [2.75, 3.05) is 5.32 Å². The van der Waals surface area contributed by atoms with E-state index >= 15 is 0 Å². The third-order valence-corrected chi connectivity index (χ3v) is 4.13. The Morgan fingerprint density at radius 1 is 1.07 bits per heavy atom. The molecule has 27 heavy (non-hydrogen) atoms. The first-order chi connectivity index (χ1) is 12.6. The predicted molar refractivity (Wildman–Crippen MR) is 94.2 cm³/mol. The van der Waals surface area contributed by atoms with Crippen LogP contribution >= 0.6 is 11.6 Å². The summed E-state index contributed by atoms with van der Waals surface area (Å²) in [4.78, 5) is 12.1. The molecule has 9 heteroatoms. The largest absolute Gasteiger partial charge is 0.492 e. The first-order valence-corrected chi connectivity index (χ1v) is 8.41. The zero-order valence-corrected chi connectivity index (χ0v) is 15.1. The summed E-state index contributed by atoms with van der Waals surface area (Å²) >= 11 is 5.76. The molecule has 1 aliphatic rings. The molecular formula is C18H16ClF3N2O3. The number of halogens is 4. The molecule has 0 spiro atoms. The van der Waals surface area contributed by atoms with Crippen LogP contribution in [-0.2, 0) is 0 Å². The van der Waals surface area contributed by atoms with Crippen molar-refractivity contribution in [2.45, 2.75) is 31.9 Å². The molecule has 0 aliphatic carbocycles. The number of rotatable bonds is 3. The lowest BCUT2D eigenvalue weighted by atomic mass is 10.0. The Morgan fingerprint density at radius 3 is 2.30 bits per heavy atom. The Balaban J connectivity index is 1.77. The van der Waals surface area contributed by atoms with Gasteiger partial charge in [-0.3, -0.25) is 5.32 Å². The molecule has 2 aromatic rings. The van der Waals surface area contributed by atoms with Gasteiger partial charge in [0.15, 0.2) is 11.5 Å². The zero-order valence-electron chi connectivity index (χ0n) is 14.4. The van der Waals surface area contributed by atoms with Crippen LogP contribution in [0.25, 0.3) is 0 Å². The maximum Gasteiger partial charge on any atom is 0.492 e. The highest BCUT2D eigenvalue weighted by molar-refractivity contribution is 6.30. The molecule has 3 rings (SSSR count). The highest BCUT2D eigenvalue weighted by Gasteiger charge is 2.65. The number of carbonyl (C=O) groups is 1. The first kappa shape index (κ1) is 19.2. The van der Waals surface area contributed by atoms with E-state index in [2.05, 4.69) is 5.32 Å². The zero-order chi connectivity index (χ0) is 19.8. The molecule has 2 amide bonds. The molecule has 2 aromatic carbocycles. The van der Waals surface area contributed by atoms with E-state index in [0.29, 0.717) is 5.69 Å². The molecule has 0 bridgehead atoms. The van der Waals surface area contributed by atoms with Crippen LogP contribution in [-0.4, -0.2) is 18.1 Å². The smallest absolute Gasteiger partial charge is 0.424 e. The van der Waals surface area contributed by atoms with Gasteiger partial charge in [0.25, 0.3) is 0 Å². The monoisotopic (exact) mass is 400 g/mol. The van der Waals surface area contributed by atoms with E-state index in [1.807, 2.05) is 13.8 Å². The number of anilines is 1. The minimum atomic E-state index is -5.04. The van der Waals surface area contributed by atoms with Crippen LogP contribution in [0.4, 0.5) is 23.7 Å². The molecule has 2 N–H and O–H groups in total. The third kappa shape index (κ3) is 3.90. The van der Waals surface area contributed by atoms with Crippen LogP contribution in [0.5, 0.6) is 11.5 Å². The number of fused-ring (bicyclic) bond motifs is 1. The fraction of sp³-hybridized carbons (Fsp3) is 0.278. The second kappa shape index (κ2) is 6.84. The number of hydrogen-bond donors (Lipinski definition) is 2. The van der Waals surface area contributed by atoms with E-state index in [1.165, 1.54) is 18.2 Å². The topological polar surface area (TPSA) is 59.6 Å². The second-order valence-electron chi connectivity index (χ2n) is 6.27. The van der Waals surface area contributed by atoms with Gasteiger partial charge in [-0.2, -0.15) is 13.2 Å². The Hall–Kier alpha value is -2.61. The average Bonchev–Trinajstić information content (AvgIpc) is 2.93. The van der Waals surface area contributed by atoms with Crippen molar-refractivity contribution in [1.82, 2.24) is 5.32 Å². The van der Waals surface area contributed by atoms with Gasteiger partial charge in [0, 0.05) is 16.8 Å². The first-order valence-electron chi connectivity index (χ1n) is 8.03.